The maximum absolute atomic E-state index is 14.1. The normalized spacial score (nSPS) is 12.9. The summed E-state index contributed by atoms with van der Waals surface area (Å²) in [4.78, 5) is 7.47. The average Bonchev–Trinajstić information content (AvgIpc) is 3.47. The van der Waals surface area contributed by atoms with Gasteiger partial charge in [-0.05, 0) is 30.5 Å². The van der Waals surface area contributed by atoms with E-state index < -0.39 is 11.6 Å². The van der Waals surface area contributed by atoms with Crippen LogP contribution in [0.1, 0.15) is 42.5 Å². The monoisotopic (exact) mass is 447 g/mol. The summed E-state index contributed by atoms with van der Waals surface area (Å²) in [5.41, 5.74) is 4.56. The molecule has 0 amide bonds. The highest BCUT2D eigenvalue weighted by atomic mass is 19.2. The fourth-order valence-electron chi connectivity index (χ4n) is 3.84. The molecular weight excluding hydrogens is 424 g/mol. The first-order valence-electron chi connectivity index (χ1n) is 11.0. The van der Waals surface area contributed by atoms with E-state index in [0.29, 0.717) is 30.2 Å². The number of aromatic nitrogens is 3. The van der Waals surface area contributed by atoms with Crippen molar-refractivity contribution in [1.29, 1.82) is 0 Å². The second kappa shape index (κ2) is 8.97. The maximum atomic E-state index is 14.1. The highest BCUT2D eigenvalue weighted by Crippen LogP contribution is 2.26. The molecule has 0 saturated heterocycles. The summed E-state index contributed by atoms with van der Waals surface area (Å²) in [7, 11) is 0. The van der Waals surface area contributed by atoms with Gasteiger partial charge in [-0.25, -0.2) is 13.8 Å². The van der Waals surface area contributed by atoms with Crippen molar-refractivity contribution < 1.29 is 13.3 Å². The number of benzene rings is 2. The van der Waals surface area contributed by atoms with E-state index in [1.54, 1.807) is 11.2 Å². The highest BCUT2D eigenvalue weighted by Gasteiger charge is 2.21. The number of halogens is 2. The van der Waals surface area contributed by atoms with Gasteiger partial charge in [0, 0.05) is 11.6 Å². The number of aryl methyl sites for hydroxylation is 1. The van der Waals surface area contributed by atoms with Crippen LogP contribution in [0.15, 0.2) is 58.2 Å². The highest BCUT2D eigenvalue weighted by molar-refractivity contribution is 5.80. The van der Waals surface area contributed by atoms with Gasteiger partial charge in [-0.2, -0.15) is 5.10 Å². The summed E-state index contributed by atoms with van der Waals surface area (Å²) in [5.74, 6) is -0.888. The first kappa shape index (κ1) is 21.1. The van der Waals surface area contributed by atoms with Crippen LogP contribution in [0.4, 0.5) is 8.78 Å². The van der Waals surface area contributed by atoms with Crippen molar-refractivity contribution in [3.8, 4) is 22.6 Å². The molecular formula is C25H23F2N5O. The molecule has 4 aromatic rings. The van der Waals surface area contributed by atoms with Crippen molar-refractivity contribution in [3.05, 3.63) is 82.9 Å². The lowest BCUT2D eigenvalue weighted by atomic mass is 10.0. The molecule has 0 fully saturated rings. The first-order valence-corrected chi connectivity index (χ1v) is 11.0. The fourth-order valence-corrected chi connectivity index (χ4v) is 3.84. The predicted octanol–water partition coefficient (Wildman–Crippen LogP) is 5.70. The van der Waals surface area contributed by atoms with Crippen molar-refractivity contribution in [2.45, 2.75) is 39.3 Å². The van der Waals surface area contributed by atoms with Crippen LogP contribution < -0.4 is 0 Å². The van der Waals surface area contributed by atoms with E-state index in [4.69, 9.17) is 4.52 Å². The summed E-state index contributed by atoms with van der Waals surface area (Å²) in [6.45, 7) is 3.00. The number of H-pyrrole nitrogens is 1. The Bertz CT molecular complexity index is 1290. The Labute approximate surface area is 190 Å². The molecule has 5 rings (SSSR count). The molecule has 0 unspecified atom stereocenters. The van der Waals surface area contributed by atoms with Gasteiger partial charge in [0.05, 0.1) is 36.3 Å². The Balaban J connectivity index is 1.27. The van der Waals surface area contributed by atoms with Gasteiger partial charge in [-0.3, -0.25) is 5.01 Å². The van der Waals surface area contributed by atoms with Crippen molar-refractivity contribution in [2.75, 3.05) is 0 Å². The smallest absolute Gasteiger partial charge is 0.169 e. The second-order valence-corrected chi connectivity index (χ2v) is 8.09. The molecule has 6 nitrogen and oxygen atoms in total. The zero-order valence-corrected chi connectivity index (χ0v) is 18.2. The Morgan fingerprint density at radius 3 is 2.79 bits per heavy atom. The fraction of sp³-hybridized carbons (Fsp3) is 0.240. The molecule has 0 spiro atoms. The molecule has 8 heteroatoms. The van der Waals surface area contributed by atoms with Crippen LogP contribution in [-0.2, 0) is 19.5 Å². The third-order valence-electron chi connectivity index (χ3n) is 5.67. The molecule has 0 saturated carbocycles. The summed E-state index contributed by atoms with van der Waals surface area (Å²) in [6, 6.07) is 14.3. The number of fused-ring (bicyclic) bond motifs is 1. The third-order valence-corrected chi connectivity index (χ3v) is 5.67. The number of aromatic amines is 1. The molecule has 1 aliphatic heterocycles. The molecule has 2 aromatic carbocycles. The van der Waals surface area contributed by atoms with Crippen LogP contribution in [0.25, 0.3) is 22.6 Å². The SMILES string of the molecule is CCCCc1ccc(-c2cc(CN3Cc4nc(-c5cccc(F)c5F)[nH]c4C=N3)on2)cc1. The molecule has 0 aliphatic carbocycles. The van der Waals surface area contributed by atoms with Crippen LogP contribution in [0.3, 0.4) is 0 Å². The third kappa shape index (κ3) is 4.41. The predicted molar refractivity (Wildman–Crippen MR) is 121 cm³/mol. The minimum absolute atomic E-state index is 0.0879. The van der Waals surface area contributed by atoms with Gasteiger partial charge in [0.2, 0.25) is 0 Å². The number of hydrogen-bond acceptors (Lipinski definition) is 5. The van der Waals surface area contributed by atoms with Gasteiger partial charge in [0.25, 0.3) is 0 Å². The van der Waals surface area contributed by atoms with E-state index in [0.717, 1.165) is 23.7 Å². The quantitative estimate of drug-likeness (QED) is 0.394. The van der Waals surface area contributed by atoms with E-state index in [-0.39, 0.29) is 11.4 Å². The molecule has 2 aromatic heterocycles. The molecule has 0 radical (unpaired) electrons. The van der Waals surface area contributed by atoms with Crippen LogP contribution in [-0.4, -0.2) is 26.3 Å². The maximum Gasteiger partial charge on any atom is 0.169 e. The summed E-state index contributed by atoms with van der Waals surface area (Å²) in [6.07, 6.45) is 5.06. The van der Waals surface area contributed by atoms with Gasteiger partial charge >= 0.3 is 0 Å². The van der Waals surface area contributed by atoms with E-state index in [1.165, 1.54) is 30.5 Å². The van der Waals surface area contributed by atoms with Gasteiger partial charge in [0.1, 0.15) is 11.5 Å². The Hall–Kier alpha value is -3.81. The van der Waals surface area contributed by atoms with Crippen molar-refractivity contribution in [1.82, 2.24) is 20.1 Å². The number of hydrogen-bond donors (Lipinski definition) is 1. The molecule has 1 aliphatic rings. The largest absolute Gasteiger partial charge is 0.359 e. The van der Waals surface area contributed by atoms with Gasteiger partial charge < -0.3 is 9.51 Å². The summed E-state index contributed by atoms with van der Waals surface area (Å²) < 4.78 is 33.2. The lowest BCUT2D eigenvalue weighted by molar-refractivity contribution is 0.229. The Kier molecular flexibility index (Phi) is 5.73. The number of unbranched alkanes of at least 4 members (excludes halogenated alkanes) is 1. The molecule has 0 atom stereocenters. The number of nitrogens with one attached hydrogen (secondary N) is 1. The van der Waals surface area contributed by atoms with Crippen LogP contribution in [0.2, 0.25) is 0 Å². The number of hydrazone groups is 1. The topological polar surface area (TPSA) is 70.3 Å². The average molecular weight is 447 g/mol. The number of rotatable bonds is 7. The minimum atomic E-state index is -0.926. The molecule has 1 N–H and O–H groups in total. The standard InChI is InChI=1S/C25H23F2N5O/c1-2-3-5-16-8-10-17(11-9-16)21-12-18(33-31-21)14-32-15-23-22(13-28-32)29-25(30-23)19-6-4-7-20(26)24(19)27/h4,6-13H,2-3,5,14-15H2,1H3,(H,29,30). The molecule has 0 bridgehead atoms. The van der Waals surface area contributed by atoms with Gasteiger partial charge in [-0.15, -0.1) is 0 Å². The second-order valence-electron chi connectivity index (χ2n) is 8.09. The zero-order valence-electron chi connectivity index (χ0n) is 18.2. The lowest BCUT2D eigenvalue weighted by Crippen LogP contribution is -2.21. The zero-order chi connectivity index (χ0) is 22.8. The van der Waals surface area contributed by atoms with E-state index in [2.05, 4.69) is 51.4 Å². The van der Waals surface area contributed by atoms with Crippen molar-refractivity contribution >= 4 is 6.21 Å². The van der Waals surface area contributed by atoms with E-state index in [1.807, 2.05) is 6.07 Å². The van der Waals surface area contributed by atoms with Crippen molar-refractivity contribution in [3.63, 3.8) is 0 Å². The van der Waals surface area contributed by atoms with E-state index in [9.17, 15) is 8.78 Å². The lowest BCUT2D eigenvalue weighted by Gasteiger charge is -2.19. The first-order chi connectivity index (χ1) is 16.1. The number of imidazole rings is 1. The molecule has 3 heterocycles. The molecule has 33 heavy (non-hydrogen) atoms. The molecule has 168 valence electrons. The van der Waals surface area contributed by atoms with Crippen LogP contribution in [0.5, 0.6) is 0 Å². The minimum Gasteiger partial charge on any atom is -0.359 e. The Morgan fingerprint density at radius 2 is 1.97 bits per heavy atom. The van der Waals surface area contributed by atoms with Crippen molar-refractivity contribution in [2.24, 2.45) is 5.10 Å². The van der Waals surface area contributed by atoms with Gasteiger partial charge in [0.15, 0.2) is 17.4 Å². The van der Waals surface area contributed by atoms with Crippen LogP contribution in [0, 0.1) is 11.6 Å². The van der Waals surface area contributed by atoms with Crippen LogP contribution >= 0.6 is 0 Å². The van der Waals surface area contributed by atoms with Gasteiger partial charge in [-0.1, -0.05) is 48.8 Å². The van der Waals surface area contributed by atoms with E-state index >= 15 is 0 Å². The summed E-state index contributed by atoms with van der Waals surface area (Å²) in [5, 5.41) is 10.4. The summed E-state index contributed by atoms with van der Waals surface area (Å²) >= 11 is 0. The number of nitrogens with zero attached hydrogens (tertiary/aromatic N) is 4. The Morgan fingerprint density at radius 1 is 1.12 bits per heavy atom.